The number of hydrogen-bond acceptors (Lipinski definition) is 5. The van der Waals surface area contributed by atoms with Crippen molar-refractivity contribution in [2.75, 3.05) is 13.1 Å². The van der Waals surface area contributed by atoms with Gasteiger partial charge in [-0.3, -0.25) is 9.48 Å². The van der Waals surface area contributed by atoms with Crippen LogP contribution in [0.5, 0.6) is 5.75 Å². The van der Waals surface area contributed by atoms with Crippen LogP contribution in [0.1, 0.15) is 34.0 Å². The van der Waals surface area contributed by atoms with Crippen molar-refractivity contribution in [2.45, 2.75) is 25.3 Å². The van der Waals surface area contributed by atoms with Crippen LogP contribution in [-0.2, 0) is 7.05 Å². The Morgan fingerprint density at radius 1 is 1.23 bits per heavy atom. The third kappa shape index (κ3) is 4.44. The lowest BCUT2D eigenvalue weighted by atomic mass is 9.85. The highest BCUT2D eigenvalue weighted by Gasteiger charge is 2.29. The number of amides is 1. The van der Waals surface area contributed by atoms with E-state index in [0.717, 1.165) is 29.7 Å². The van der Waals surface area contributed by atoms with Crippen LogP contribution < -0.4 is 10.6 Å². The predicted octanol–water partition coefficient (Wildman–Crippen LogP) is 4.38. The van der Waals surface area contributed by atoms with Crippen molar-refractivity contribution >= 4 is 5.91 Å². The summed E-state index contributed by atoms with van der Waals surface area (Å²) in [6, 6.07) is 13.6. The Balaban J connectivity index is 1.51. The fourth-order valence-electron chi connectivity index (χ4n) is 4.93. The smallest absolute Gasteiger partial charge is 0.252 e. The Hall–Kier alpha value is -3.91. The molecule has 0 spiro atoms. The lowest BCUT2D eigenvalue weighted by Gasteiger charge is -2.33. The second kappa shape index (κ2) is 9.38. The molecule has 2 aromatic heterocycles. The number of piperidine rings is 1. The lowest BCUT2D eigenvalue weighted by molar-refractivity contribution is 0.0925. The number of furan rings is 1. The Morgan fingerprint density at radius 2 is 2.09 bits per heavy atom. The molecule has 2 aromatic carbocycles. The van der Waals surface area contributed by atoms with E-state index in [1.54, 1.807) is 42.3 Å². The van der Waals surface area contributed by atoms with E-state index in [1.165, 1.54) is 12.3 Å². The van der Waals surface area contributed by atoms with Crippen LogP contribution in [0.4, 0.5) is 4.39 Å². The molecule has 1 aliphatic heterocycles. The average Bonchev–Trinajstić information content (AvgIpc) is 3.43. The Labute approximate surface area is 202 Å². The molecule has 180 valence electrons. The maximum absolute atomic E-state index is 13.9. The molecule has 8 heteroatoms. The van der Waals surface area contributed by atoms with E-state index in [2.05, 4.69) is 15.7 Å². The molecule has 0 bridgehead atoms. The van der Waals surface area contributed by atoms with Crippen LogP contribution in [0.15, 0.2) is 65.4 Å². The van der Waals surface area contributed by atoms with Crippen molar-refractivity contribution < 1.29 is 18.7 Å². The van der Waals surface area contributed by atoms with E-state index in [0.29, 0.717) is 29.1 Å². The molecule has 1 amide bonds. The fraction of sp³-hybridized carbons (Fsp3) is 0.259. The topological polar surface area (TPSA) is 92.3 Å². The van der Waals surface area contributed by atoms with Crippen molar-refractivity contribution in [2.24, 2.45) is 7.05 Å². The first-order valence-corrected chi connectivity index (χ1v) is 11.6. The van der Waals surface area contributed by atoms with E-state index >= 15 is 0 Å². The highest BCUT2D eigenvalue weighted by Crippen LogP contribution is 2.35. The summed E-state index contributed by atoms with van der Waals surface area (Å²) in [6.07, 6.45) is 3.77. The number of hydrogen-bond donors (Lipinski definition) is 3. The minimum atomic E-state index is -0.280. The normalized spacial score (nSPS) is 17.9. The first-order chi connectivity index (χ1) is 16.9. The first kappa shape index (κ1) is 22.9. The number of nitrogens with one attached hydrogen (secondary N) is 2. The molecule has 4 aromatic rings. The Kier molecular flexibility index (Phi) is 6.13. The van der Waals surface area contributed by atoms with Gasteiger partial charge in [-0.15, -0.1) is 0 Å². The predicted molar refractivity (Wildman–Crippen MR) is 131 cm³/mol. The van der Waals surface area contributed by atoms with E-state index in [9.17, 15) is 14.3 Å². The van der Waals surface area contributed by atoms with E-state index in [1.807, 2.05) is 25.1 Å². The van der Waals surface area contributed by atoms with Crippen LogP contribution in [0.3, 0.4) is 0 Å². The van der Waals surface area contributed by atoms with Gasteiger partial charge in [0.15, 0.2) is 5.75 Å². The zero-order valence-corrected chi connectivity index (χ0v) is 19.6. The van der Waals surface area contributed by atoms with Gasteiger partial charge in [-0.05, 0) is 61.3 Å². The summed E-state index contributed by atoms with van der Waals surface area (Å²) >= 11 is 0. The van der Waals surface area contributed by atoms with Crippen LogP contribution >= 0.6 is 0 Å². The van der Waals surface area contributed by atoms with Gasteiger partial charge < -0.3 is 20.2 Å². The molecule has 1 fully saturated rings. The van der Waals surface area contributed by atoms with Gasteiger partial charge in [-0.1, -0.05) is 18.2 Å². The molecule has 35 heavy (non-hydrogen) atoms. The number of aryl methyl sites for hydroxylation is 2. The van der Waals surface area contributed by atoms with Crippen molar-refractivity contribution in [3.8, 4) is 28.1 Å². The highest BCUT2D eigenvalue weighted by atomic mass is 19.1. The van der Waals surface area contributed by atoms with Gasteiger partial charge in [0.25, 0.3) is 5.91 Å². The van der Waals surface area contributed by atoms with Crippen molar-refractivity contribution in [3.63, 3.8) is 0 Å². The van der Waals surface area contributed by atoms with Gasteiger partial charge in [0.1, 0.15) is 17.3 Å². The molecule has 5 rings (SSSR count). The lowest BCUT2D eigenvalue weighted by Crippen LogP contribution is -2.50. The molecule has 1 aliphatic rings. The number of benzene rings is 2. The Morgan fingerprint density at radius 3 is 2.80 bits per heavy atom. The van der Waals surface area contributed by atoms with Crippen LogP contribution in [0, 0.1) is 12.7 Å². The molecule has 0 aliphatic carbocycles. The molecular weight excluding hydrogens is 447 g/mol. The highest BCUT2D eigenvalue weighted by molar-refractivity contribution is 6.02. The first-order valence-electron chi connectivity index (χ1n) is 11.6. The van der Waals surface area contributed by atoms with Gasteiger partial charge in [0, 0.05) is 42.2 Å². The summed E-state index contributed by atoms with van der Waals surface area (Å²) in [5, 5.41) is 20.9. The van der Waals surface area contributed by atoms with Gasteiger partial charge in [0.2, 0.25) is 0 Å². The molecule has 3 N–H and O–H groups in total. The van der Waals surface area contributed by atoms with E-state index in [-0.39, 0.29) is 29.4 Å². The monoisotopic (exact) mass is 474 g/mol. The summed E-state index contributed by atoms with van der Waals surface area (Å²) in [5.41, 5.74) is 4.14. The zero-order valence-electron chi connectivity index (χ0n) is 19.6. The summed E-state index contributed by atoms with van der Waals surface area (Å²) in [7, 11) is 1.75. The molecule has 2 atom stereocenters. The number of rotatable bonds is 5. The van der Waals surface area contributed by atoms with Crippen LogP contribution in [0.2, 0.25) is 0 Å². The van der Waals surface area contributed by atoms with E-state index < -0.39 is 0 Å². The SMILES string of the molecule is Cc1occc1-c1cc(-c2c(O)cnn2C)ccc1C(=O)NC1CNCC[C@H]1c1cccc(F)c1. The molecule has 0 saturated carbocycles. The Bertz CT molecular complexity index is 1360. The van der Waals surface area contributed by atoms with Gasteiger partial charge in [-0.2, -0.15) is 5.10 Å². The number of aromatic nitrogens is 2. The summed E-state index contributed by atoms with van der Waals surface area (Å²) in [6.45, 7) is 3.24. The maximum atomic E-state index is 13.9. The third-order valence-corrected chi connectivity index (χ3v) is 6.68. The second-order valence-corrected chi connectivity index (χ2v) is 8.89. The van der Waals surface area contributed by atoms with Gasteiger partial charge in [0.05, 0.1) is 12.5 Å². The largest absolute Gasteiger partial charge is 0.504 e. The molecule has 7 nitrogen and oxygen atoms in total. The number of halogens is 1. The van der Waals surface area contributed by atoms with Gasteiger partial charge in [-0.25, -0.2) is 4.39 Å². The molecule has 1 unspecified atom stereocenters. The summed E-state index contributed by atoms with van der Waals surface area (Å²) in [4.78, 5) is 13.6. The quantitative estimate of drug-likeness (QED) is 0.399. The van der Waals surface area contributed by atoms with E-state index in [4.69, 9.17) is 4.42 Å². The maximum Gasteiger partial charge on any atom is 0.252 e. The summed E-state index contributed by atoms with van der Waals surface area (Å²) < 4.78 is 21.0. The number of carbonyl (C=O) groups excluding carboxylic acids is 1. The fourth-order valence-corrected chi connectivity index (χ4v) is 4.93. The van der Waals surface area contributed by atoms with Crippen molar-refractivity contribution in [3.05, 3.63) is 83.7 Å². The molecule has 1 saturated heterocycles. The molecule has 3 heterocycles. The van der Waals surface area contributed by atoms with Crippen LogP contribution in [0.25, 0.3) is 22.4 Å². The van der Waals surface area contributed by atoms with Gasteiger partial charge >= 0.3 is 0 Å². The van der Waals surface area contributed by atoms with Crippen molar-refractivity contribution in [1.82, 2.24) is 20.4 Å². The third-order valence-electron chi connectivity index (χ3n) is 6.68. The van der Waals surface area contributed by atoms with Crippen molar-refractivity contribution in [1.29, 1.82) is 0 Å². The van der Waals surface area contributed by atoms with Crippen LogP contribution in [-0.4, -0.2) is 39.9 Å². The number of nitrogens with zero attached hydrogens (tertiary/aromatic N) is 2. The number of aromatic hydroxyl groups is 1. The number of carbonyl (C=O) groups is 1. The standard InChI is InChI=1S/C27H27FN4O3/c1-16-20(9-11-35-16)23-13-18(26-25(33)15-30-32(26)2)6-7-22(23)27(34)31-24-14-29-10-8-21(24)17-4-3-5-19(28)12-17/h3-7,9,11-13,15,21,24,29,33H,8,10,14H2,1-2H3,(H,31,34)/t21-,24?/m0/s1. The molecular formula is C27H27FN4O3. The minimum Gasteiger partial charge on any atom is -0.504 e. The average molecular weight is 475 g/mol. The minimum absolute atomic E-state index is 0.000624. The molecule has 0 radical (unpaired) electrons. The summed E-state index contributed by atoms with van der Waals surface area (Å²) in [5.74, 6) is 0.239. The second-order valence-electron chi connectivity index (χ2n) is 8.89. The zero-order chi connectivity index (χ0) is 24.5.